The van der Waals surface area contributed by atoms with Crippen LogP contribution in [0.2, 0.25) is 0 Å². The molecule has 0 spiro atoms. The number of rotatable bonds is 13. The molecule has 0 aliphatic heterocycles. The Bertz CT molecular complexity index is 1500. The van der Waals surface area contributed by atoms with Crippen molar-refractivity contribution in [3.63, 3.8) is 0 Å². The van der Waals surface area contributed by atoms with Gasteiger partial charge in [0.1, 0.15) is 0 Å². The fourth-order valence-electron chi connectivity index (χ4n) is 5.73. The Hall–Kier alpha value is -4.18. The summed E-state index contributed by atoms with van der Waals surface area (Å²) in [4.78, 5) is 25.0. The average Bonchev–Trinajstić information content (AvgIpc) is 3.01. The van der Waals surface area contributed by atoms with Crippen LogP contribution in [0.1, 0.15) is 83.0 Å². The van der Waals surface area contributed by atoms with E-state index >= 15 is 0 Å². The highest BCUT2D eigenvalue weighted by Crippen LogP contribution is 2.30. The van der Waals surface area contributed by atoms with Crippen LogP contribution in [-0.2, 0) is 22.7 Å². The van der Waals surface area contributed by atoms with E-state index in [1.807, 2.05) is 0 Å². The molecule has 4 nitrogen and oxygen atoms in total. The Balaban J connectivity index is 1.14. The number of hydrogen-bond acceptors (Lipinski definition) is 2. The lowest BCUT2D eigenvalue weighted by molar-refractivity contribution is -0.122. The van der Waals surface area contributed by atoms with Gasteiger partial charge in [-0.2, -0.15) is 0 Å². The average molecular weight is 589 g/mol. The minimum Gasteiger partial charge on any atom is -0.352 e. The van der Waals surface area contributed by atoms with Crippen LogP contribution in [0.15, 0.2) is 72.8 Å². The summed E-state index contributed by atoms with van der Waals surface area (Å²) < 4.78 is 0. The van der Waals surface area contributed by atoms with Crippen LogP contribution in [0.3, 0.4) is 0 Å². The van der Waals surface area contributed by atoms with Crippen molar-refractivity contribution in [2.75, 3.05) is 0 Å². The highest BCUT2D eigenvalue weighted by molar-refractivity contribution is 5.77. The van der Waals surface area contributed by atoms with Gasteiger partial charge in [-0.1, -0.05) is 73.5 Å². The van der Waals surface area contributed by atoms with Crippen LogP contribution in [0.4, 0.5) is 0 Å². The van der Waals surface area contributed by atoms with Gasteiger partial charge in [0.15, 0.2) is 0 Å². The molecule has 0 atom stereocenters. The highest BCUT2D eigenvalue weighted by atomic mass is 16.2. The molecule has 0 aliphatic rings. The van der Waals surface area contributed by atoms with Gasteiger partial charge in [0.2, 0.25) is 11.8 Å². The van der Waals surface area contributed by atoms with Gasteiger partial charge in [0, 0.05) is 25.9 Å². The Kier molecular flexibility index (Phi) is 11.5. The van der Waals surface area contributed by atoms with E-state index in [4.69, 9.17) is 0 Å². The third-order valence-corrected chi connectivity index (χ3v) is 8.93. The zero-order valence-electron chi connectivity index (χ0n) is 27.4. The molecule has 0 aliphatic carbocycles. The summed E-state index contributed by atoms with van der Waals surface area (Å²) in [6, 6.07) is 25.7. The van der Waals surface area contributed by atoms with Crippen molar-refractivity contribution < 1.29 is 9.59 Å². The first-order valence-corrected chi connectivity index (χ1v) is 16.0. The van der Waals surface area contributed by atoms with Gasteiger partial charge in [-0.15, -0.1) is 0 Å². The number of unbranched alkanes of at least 4 members (excludes halogenated alkanes) is 3. The predicted octanol–water partition coefficient (Wildman–Crippen LogP) is 9.14. The molecule has 2 N–H and O–H groups in total. The molecule has 0 saturated heterocycles. The summed E-state index contributed by atoms with van der Waals surface area (Å²) in [6.45, 7) is 13.9. The molecule has 44 heavy (non-hydrogen) atoms. The maximum Gasteiger partial charge on any atom is 0.220 e. The molecule has 0 heterocycles. The van der Waals surface area contributed by atoms with Crippen LogP contribution in [0.25, 0.3) is 22.3 Å². The molecule has 4 aromatic rings. The minimum absolute atomic E-state index is 0.0786. The van der Waals surface area contributed by atoms with Crippen molar-refractivity contribution in [2.45, 2.75) is 93.2 Å². The summed E-state index contributed by atoms with van der Waals surface area (Å²) in [5, 5.41) is 6.17. The first kappa shape index (κ1) is 32.7. The number of nitrogens with one attached hydrogen (secondary N) is 2. The molecule has 0 bridgehead atoms. The summed E-state index contributed by atoms with van der Waals surface area (Å²) in [7, 11) is 0. The molecule has 4 rings (SSSR count). The van der Waals surface area contributed by atoms with Crippen molar-refractivity contribution in [3.05, 3.63) is 117 Å². The molecule has 0 aromatic heterocycles. The lowest BCUT2D eigenvalue weighted by Gasteiger charge is -2.14. The normalized spacial score (nSPS) is 11.0. The number of hydrogen-bond donors (Lipinski definition) is 2. The molecule has 2 amide bonds. The van der Waals surface area contributed by atoms with E-state index in [2.05, 4.69) is 125 Å². The third kappa shape index (κ3) is 8.69. The van der Waals surface area contributed by atoms with Crippen LogP contribution >= 0.6 is 0 Å². The first-order valence-electron chi connectivity index (χ1n) is 16.0. The molecular weight excluding hydrogens is 540 g/mol. The smallest absolute Gasteiger partial charge is 0.220 e. The van der Waals surface area contributed by atoms with Gasteiger partial charge in [-0.05, 0) is 133 Å². The van der Waals surface area contributed by atoms with E-state index in [0.29, 0.717) is 25.9 Å². The van der Waals surface area contributed by atoms with Crippen LogP contribution in [-0.4, -0.2) is 11.8 Å². The number of aryl methyl sites for hydroxylation is 4. The Labute approximate surface area is 264 Å². The maximum absolute atomic E-state index is 12.5. The monoisotopic (exact) mass is 588 g/mol. The Morgan fingerprint density at radius 1 is 0.477 bits per heavy atom. The van der Waals surface area contributed by atoms with Crippen molar-refractivity contribution in [2.24, 2.45) is 0 Å². The van der Waals surface area contributed by atoms with E-state index in [1.54, 1.807) is 0 Å². The van der Waals surface area contributed by atoms with Crippen molar-refractivity contribution in [1.29, 1.82) is 0 Å². The fourth-order valence-corrected chi connectivity index (χ4v) is 5.73. The third-order valence-electron chi connectivity index (χ3n) is 8.93. The quantitative estimate of drug-likeness (QED) is 0.153. The number of benzene rings is 4. The largest absolute Gasteiger partial charge is 0.352 e. The molecule has 4 aromatic carbocycles. The zero-order valence-corrected chi connectivity index (χ0v) is 27.4. The summed E-state index contributed by atoms with van der Waals surface area (Å²) >= 11 is 0. The maximum atomic E-state index is 12.5. The van der Waals surface area contributed by atoms with Gasteiger partial charge < -0.3 is 10.6 Å². The van der Waals surface area contributed by atoms with Gasteiger partial charge in [0.25, 0.3) is 0 Å². The van der Waals surface area contributed by atoms with Crippen LogP contribution in [0.5, 0.6) is 0 Å². The SMILES string of the molecule is Cc1ccc(CNC(=O)CCCCCCC(=O)NCc2ccc(C)c(-c3cccc(C)c3C)c2)cc1-c1cccc(C)c1C. The molecule has 0 saturated carbocycles. The minimum atomic E-state index is 0.0786. The van der Waals surface area contributed by atoms with E-state index < -0.39 is 0 Å². The van der Waals surface area contributed by atoms with E-state index in [0.717, 1.165) is 36.8 Å². The second-order valence-electron chi connectivity index (χ2n) is 12.3. The van der Waals surface area contributed by atoms with Crippen LogP contribution < -0.4 is 10.6 Å². The zero-order chi connectivity index (χ0) is 31.6. The van der Waals surface area contributed by atoms with Crippen LogP contribution in [0, 0.1) is 41.5 Å². The van der Waals surface area contributed by atoms with E-state index in [1.165, 1.54) is 55.6 Å². The van der Waals surface area contributed by atoms with Gasteiger partial charge in [-0.25, -0.2) is 0 Å². The summed E-state index contributed by atoms with van der Waals surface area (Å²) in [6.07, 6.45) is 4.58. The standard InChI is InChI=1S/C40H48N2O2/c1-27-13-11-15-35(31(27)5)37-23-33(21-19-29(37)3)25-41-39(43)17-9-7-8-10-18-40(44)42-26-34-22-20-30(4)38(24-34)36-16-12-14-28(2)32(36)6/h11-16,19-24H,7-10,17-18,25-26H2,1-6H3,(H,41,43)(H,42,44). The molecule has 0 fully saturated rings. The number of carbonyl (C=O) groups excluding carboxylic acids is 2. The summed E-state index contributed by atoms with van der Waals surface area (Å²) in [5.41, 5.74) is 14.8. The van der Waals surface area contributed by atoms with Crippen molar-refractivity contribution in [1.82, 2.24) is 10.6 Å². The molecular formula is C40H48N2O2. The molecule has 4 heteroatoms. The lowest BCUT2D eigenvalue weighted by atomic mass is 9.93. The second kappa shape index (κ2) is 15.5. The predicted molar refractivity (Wildman–Crippen MR) is 184 cm³/mol. The Morgan fingerprint density at radius 3 is 1.30 bits per heavy atom. The van der Waals surface area contributed by atoms with Gasteiger partial charge >= 0.3 is 0 Å². The molecule has 230 valence electrons. The second-order valence-corrected chi connectivity index (χ2v) is 12.3. The van der Waals surface area contributed by atoms with Crippen molar-refractivity contribution >= 4 is 11.8 Å². The highest BCUT2D eigenvalue weighted by Gasteiger charge is 2.11. The number of amides is 2. The Morgan fingerprint density at radius 2 is 0.886 bits per heavy atom. The van der Waals surface area contributed by atoms with E-state index in [9.17, 15) is 9.59 Å². The lowest BCUT2D eigenvalue weighted by Crippen LogP contribution is -2.22. The van der Waals surface area contributed by atoms with E-state index in [-0.39, 0.29) is 11.8 Å². The van der Waals surface area contributed by atoms with Gasteiger partial charge in [0.05, 0.1) is 0 Å². The topological polar surface area (TPSA) is 58.2 Å². The fraction of sp³-hybridized carbons (Fsp3) is 0.350. The molecule has 0 radical (unpaired) electrons. The first-order chi connectivity index (χ1) is 21.1. The van der Waals surface area contributed by atoms with Gasteiger partial charge in [-0.3, -0.25) is 9.59 Å². The summed E-state index contributed by atoms with van der Waals surface area (Å²) in [5.74, 6) is 0.157. The van der Waals surface area contributed by atoms with Crippen molar-refractivity contribution in [3.8, 4) is 22.3 Å². The molecule has 0 unspecified atom stereocenters. The number of carbonyl (C=O) groups is 2.